The Morgan fingerprint density at radius 2 is 2.28 bits per heavy atom. The van der Waals surface area contributed by atoms with E-state index in [1.54, 1.807) is 12.3 Å². The molecule has 1 aromatic rings. The molecule has 0 spiro atoms. The summed E-state index contributed by atoms with van der Waals surface area (Å²) in [7, 11) is 0. The van der Waals surface area contributed by atoms with Crippen molar-refractivity contribution >= 4 is 21.8 Å². The molecule has 1 rings (SSSR count). The molecule has 0 aromatic carbocycles. The highest BCUT2D eigenvalue weighted by Crippen LogP contribution is 2.05. The minimum atomic E-state index is -0.211. The van der Waals surface area contributed by atoms with E-state index in [4.69, 9.17) is 5.11 Å². The van der Waals surface area contributed by atoms with Gasteiger partial charge in [-0.2, -0.15) is 0 Å². The molecular weight excluding hydrogens is 300 g/mol. The number of nitrogens with zero attached hydrogens (tertiary/aromatic N) is 1. The maximum Gasteiger partial charge on any atom is 0.250 e. The Bertz CT molecular complexity index is 455. The van der Waals surface area contributed by atoms with Gasteiger partial charge in [-0.15, -0.1) is 0 Å². The lowest BCUT2D eigenvalue weighted by Crippen LogP contribution is -2.37. The van der Waals surface area contributed by atoms with Gasteiger partial charge >= 0.3 is 0 Å². The van der Waals surface area contributed by atoms with Crippen LogP contribution in [0.1, 0.15) is 19.8 Å². The summed E-state index contributed by atoms with van der Waals surface area (Å²) >= 11 is 3.27. The van der Waals surface area contributed by atoms with Crippen LogP contribution in [0.4, 0.5) is 0 Å². The average Bonchev–Trinajstić information content (AvgIpc) is 2.37. The second-order valence-electron chi connectivity index (χ2n) is 3.98. The number of carbonyl (C=O) groups is 1. The fraction of sp³-hybridized carbons (Fsp3) is 0.500. The van der Waals surface area contributed by atoms with Gasteiger partial charge in [0.05, 0.1) is 12.6 Å². The molecule has 0 saturated carbocycles. The largest absolute Gasteiger partial charge is 0.394 e. The van der Waals surface area contributed by atoms with Gasteiger partial charge in [0.1, 0.15) is 0 Å². The zero-order valence-corrected chi connectivity index (χ0v) is 11.8. The third kappa shape index (κ3) is 4.62. The second kappa shape index (κ2) is 7.33. The molecule has 0 aliphatic rings. The van der Waals surface area contributed by atoms with Crippen LogP contribution < -0.4 is 10.9 Å². The van der Waals surface area contributed by atoms with E-state index in [1.807, 2.05) is 6.92 Å². The van der Waals surface area contributed by atoms with Crippen LogP contribution in [0.3, 0.4) is 0 Å². The summed E-state index contributed by atoms with van der Waals surface area (Å²) in [6.07, 6.45) is 2.55. The summed E-state index contributed by atoms with van der Waals surface area (Å²) < 4.78 is 2.27. The van der Waals surface area contributed by atoms with E-state index >= 15 is 0 Å². The Kier molecular flexibility index (Phi) is 6.07. The van der Waals surface area contributed by atoms with Gasteiger partial charge in [-0.3, -0.25) is 9.59 Å². The molecular formula is C12H17BrN2O3. The van der Waals surface area contributed by atoms with E-state index in [1.165, 1.54) is 10.6 Å². The first-order valence-electron chi connectivity index (χ1n) is 5.83. The van der Waals surface area contributed by atoms with Crippen molar-refractivity contribution in [3.05, 3.63) is 33.2 Å². The zero-order chi connectivity index (χ0) is 13.5. The fourth-order valence-corrected chi connectivity index (χ4v) is 1.85. The summed E-state index contributed by atoms with van der Waals surface area (Å²) in [6, 6.07) is 2.90. The van der Waals surface area contributed by atoms with Gasteiger partial charge < -0.3 is 15.0 Å². The molecule has 1 amide bonds. The van der Waals surface area contributed by atoms with Crippen LogP contribution in [0.2, 0.25) is 0 Å². The minimum Gasteiger partial charge on any atom is -0.394 e. The Labute approximate surface area is 114 Å². The van der Waals surface area contributed by atoms with Crippen LogP contribution >= 0.6 is 15.9 Å². The number of hydrogen-bond acceptors (Lipinski definition) is 3. The van der Waals surface area contributed by atoms with Crippen molar-refractivity contribution in [2.45, 2.75) is 32.4 Å². The highest BCUT2D eigenvalue weighted by Gasteiger charge is 2.09. The molecule has 18 heavy (non-hydrogen) atoms. The monoisotopic (exact) mass is 316 g/mol. The van der Waals surface area contributed by atoms with Crippen LogP contribution in [-0.2, 0) is 11.3 Å². The average molecular weight is 317 g/mol. The van der Waals surface area contributed by atoms with E-state index < -0.39 is 0 Å². The Morgan fingerprint density at radius 3 is 2.89 bits per heavy atom. The molecule has 100 valence electrons. The summed E-state index contributed by atoms with van der Waals surface area (Å²) in [6.45, 7) is 2.14. The second-order valence-corrected chi connectivity index (χ2v) is 4.90. The topological polar surface area (TPSA) is 71.3 Å². The van der Waals surface area contributed by atoms with Crippen LogP contribution in [0, 0.1) is 0 Å². The lowest BCUT2D eigenvalue weighted by atomic mass is 10.2. The molecule has 1 unspecified atom stereocenters. The standard InChI is InChI=1S/C12H17BrN2O3/c1-2-10(8-16)14-11(17)5-6-15-7-9(13)3-4-12(15)18/h3-4,7,10,16H,2,5-6,8H2,1H3,(H,14,17). The van der Waals surface area contributed by atoms with Crippen molar-refractivity contribution in [3.8, 4) is 0 Å². The van der Waals surface area contributed by atoms with Crippen LogP contribution in [0.5, 0.6) is 0 Å². The van der Waals surface area contributed by atoms with E-state index in [0.717, 1.165) is 4.47 Å². The zero-order valence-electron chi connectivity index (χ0n) is 10.2. The van der Waals surface area contributed by atoms with Gasteiger partial charge in [-0.05, 0) is 28.4 Å². The number of carbonyl (C=O) groups excluding carboxylic acids is 1. The molecule has 1 atom stereocenters. The molecule has 0 saturated heterocycles. The van der Waals surface area contributed by atoms with Crippen molar-refractivity contribution < 1.29 is 9.90 Å². The summed E-state index contributed by atoms with van der Waals surface area (Å²) in [4.78, 5) is 23.1. The number of hydrogen-bond donors (Lipinski definition) is 2. The highest BCUT2D eigenvalue weighted by molar-refractivity contribution is 9.10. The predicted octanol–water partition coefficient (Wildman–Crippen LogP) is 0.888. The van der Waals surface area contributed by atoms with Gasteiger partial charge in [0, 0.05) is 29.7 Å². The third-order valence-corrected chi connectivity index (χ3v) is 3.07. The van der Waals surface area contributed by atoms with E-state index in [0.29, 0.717) is 13.0 Å². The van der Waals surface area contributed by atoms with Crippen LogP contribution in [0.15, 0.2) is 27.6 Å². The van der Waals surface area contributed by atoms with Crippen LogP contribution in [-0.4, -0.2) is 28.2 Å². The first kappa shape index (κ1) is 14.9. The van der Waals surface area contributed by atoms with Crippen molar-refractivity contribution in [3.63, 3.8) is 0 Å². The number of halogens is 1. The molecule has 0 aliphatic carbocycles. The number of rotatable bonds is 6. The molecule has 0 radical (unpaired) electrons. The van der Waals surface area contributed by atoms with Gasteiger partial charge in [0.2, 0.25) is 5.91 Å². The molecule has 2 N–H and O–H groups in total. The van der Waals surface area contributed by atoms with E-state index in [9.17, 15) is 9.59 Å². The maximum absolute atomic E-state index is 11.6. The predicted molar refractivity (Wildman–Crippen MR) is 72.3 cm³/mol. The number of nitrogens with one attached hydrogen (secondary N) is 1. The fourth-order valence-electron chi connectivity index (χ4n) is 1.48. The van der Waals surface area contributed by atoms with Crippen LogP contribution in [0.25, 0.3) is 0 Å². The molecule has 1 heterocycles. The van der Waals surface area contributed by atoms with Gasteiger partial charge in [-0.1, -0.05) is 6.92 Å². The van der Waals surface area contributed by atoms with Gasteiger partial charge in [-0.25, -0.2) is 0 Å². The first-order chi connectivity index (χ1) is 8.56. The molecule has 6 heteroatoms. The highest BCUT2D eigenvalue weighted by atomic mass is 79.9. The Balaban J connectivity index is 2.52. The number of aryl methyl sites for hydroxylation is 1. The van der Waals surface area contributed by atoms with Crippen molar-refractivity contribution in [2.75, 3.05) is 6.61 Å². The smallest absolute Gasteiger partial charge is 0.250 e. The molecule has 0 fully saturated rings. The van der Waals surface area contributed by atoms with E-state index in [2.05, 4.69) is 21.2 Å². The van der Waals surface area contributed by atoms with Crippen molar-refractivity contribution in [2.24, 2.45) is 0 Å². The number of aliphatic hydroxyl groups is 1. The number of pyridine rings is 1. The maximum atomic E-state index is 11.6. The molecule has 5 nitrogen and oxygen atoms in total. The number of aliphatic hydroxyl groups excluding tert-OH is 1. The Hall–Kier alpha value is -1.14. The molecule has 0 aliphatic heterocycles. The molecule has 1 aromatic heterocycles. The first-order valence-corrected chi connectivity index (χ1v) is 6.62. The van der Waals surface area contributed by atoms with Crippen molar-refractivity contribution in [1.29, 1.82) is 0 Å². The Morgan fingerprint density at radius 1 is 1.56 bits per heavy atom. The number of aromatic nitrogens is 1. The van der Waals surface area contributed by atoms with Gasteiger partial charge in [0.15, 0.2) is 0 Å². The summed E-state index contributed by atoms with van der Waals surface area (Å²) in [5.74, 6) is -0.164. The normalized spacial score (nSPS) is 12.2. The SMILES string of the molecule is CCC(CO)NC(=O)CCn1cc(Br)ccc1=O. The summed E-state index contributed by atoms with van der Waals surface area (Å²) in [5.41, 5.74) is -0.139. The van der Waals surface area contributed by atoms with E-state index in [-0.39, 0.29) is 30.5 Å². The van der Waals surface area contributed by atoms with Crippen molar-refractivity contribution in [1.82, 2.24) is 9.88 Å². The minimum absolute atomic E-state index is 0.0704. The quantitative estimate of drug-likeness (QED) is 0.818. The third-order valence-electron chi connectivity index (χ3n) is 2.61. The number of amides is 1. The van der Waals surface area contributed by atoms with Gasteiger partial charge in [0.25, 0.3) is 5.56 Å². The summed E-state index contributed by atoms with van der Waals surface area (Å²) in [5, 5.41) is 11.7. The molecule has 0 bridgehead atoms. The lowest BCUT2D eigenvalue weighted by Gasteiger charge is -2.14. The lowest BCUT2D eigenvalue weighted by molar-refractivity contribution is -0.122.